The Morgan fingerprint density at radius 3 is 3.10 bits per heavy atom. The molecule has 1 heterocycles. The Bertz CT molecular complexity index is 497. The molecule has 3 nitrogen and oxygen atoms in total. The molecule has 2 atom stereocenters. The van der Waals surface area contributed by atoms with Crippen molar-refractivity contribution in [3.8, 4) is 0 Å². The van der Waals surface area contributed by atoms with Gasteiger partial charge in [-0.25, -0.2) is 0 Å². The monoisotopic (exact) mass is 336 g/mol. The Balaban J connectivity index is 1.52. The molecule has 1 aromatic carbocycles. The topological polar surface area (TPSA) is 41.1 Å². The molecule has 108 valence electrons. The van der Waals surface area contributed by atoms with Gasteiger partial charge < -0.3 is 10.6 Å². The molecule has 2 N–H and O–H groups in total. The average Bonchev–Trinajstić information content (AvgIpc) is 3.06. The smallest absolute Gasteiger partial charge is 0.220 e. The summed E-state index contributed by atoms with van der Waals surface area (Å²) in [6.45, 7) is 2.19. The van der Waals surface area contributed by atoms with E-state index in [1.165, 1.54) is 17.5 Å². The minimum Gasteiger partial charge on any atom is -0.349 e. The van der Waals surface area contributed by atoms with Gasteiger partial charge in [0.15, 0.2) is 0 Å². The maximum absolute atomic E-state index is 12.1. The minimum absolute atomic E-state index is 0.206. The molecule has 20 heavy (non-hydrogen) atoms. The van der Waals surface area contributed by atoms with Gasteiger partial charge in [-0.05, 0) is 68.0 Å². The number of benzene rings is 1. The molecule has 0 aromatic heterocycles. The van der Waals surface area contributed by atoms with E-state index in [0.29, 0.717) is 12.3 Å². The first-order chi connectivity index (χ1) is 9.72. The van der Waals surface area contributed by atoms with Gasteiger partial charge in [-0.15, -0.1) is 0 Å². The molecule has 3 rings (SSSR count). The van der Waals surface area contributed by atoms with Crippen LogP contribution >= 0.6 is 15.9 Å². The zero-order valence-corrected chi connectivity index (χ0v) is 13.2. The van der Waals surface area contributed by atoms with Crippen molar-refractivity contribution in [1.82, 2.24) is 10.6 Å². The second kappa shape index (κ2) is 6.27. The molecule has 1 aromatic rings. The fourth-order valence-electron chi connectivity index (χ4n) is 3.30. The molecule has 1 saturated heterocycles. The average molecular weight is 337 g/mol. The molecule has 2 aliphatic rings. The van der Waals surface area contributed by atoms with Crippen molar-refractivity contribution in [3.63, 3.8) is 0 Å². The van der Waals surface area contributed by atoms with E-state index in [0.717, 1.165) is 36.8 Å². The minimum atomic E-state index is 0.206. The quantitative estimate of drug-likeness (QED) is 0.887. The van der Waals surface area contributed by atoms with Crippen LogP contribution in [0.3, 0.4) is 0 Å². The largest absolute Gasteiger partial charge is 0.349 e. The summed E-state index contributed by atoms with van der Waals surface area (Å²) in [6.07, 6.45) is 4.98. The lowest BCUT2D eigenvalue weighted by molar-refractivity contribution is -0.122. The highest BCUT2D eigenvalue weighted by Gasteiger charge is 2.24. The van der Waals surface area contributed by atoms with Crippen molar-refractivity contribution in [1.29, 1.82) is 0 Å². The van der Waals surface area contributed by atoms with E-state index in [4.69, 9.17) is 0 Å². The summed E-state index contributed by atoms with van der Waals surface area (Å²) in [5, 5.41) is 6.56. The summed E-state index contributed by atoms with van der Waals surface area (Å²) in [5.41, 5.74) is 2.66. The summed E-state index contributed by atoms with van der Waals surface area (Å²) in [7, 11) is 0. The molecule has 0 spiro atoms. The third-order valence-electron chi connectivity index (χ3n) is 4.46. The zero-order valence-electron chi connectivity index (χ0n) is 11.6. The Kier molecular flexibility index (Phi) is 4.41. The number of amides is 1. The lowest BCUT2D eigenvalue weighted by Gasteiger charge is -2.15. The van der Waals surface area contributed by atoms with Crippen molar-refractivity contribution in [2.45, 2.75) is 38.1 Å². The van der Waals surface area contributed by atoms with Crippen LogP contribution in [0, 0.1) is 5.92 Å². The van der Waals surface area contributed by atoms with E-state index in [2.05, 4.69) is 44.8 Å². The van der Waals surface area contributed by atoms with Gasteiger partial charge in [0.1, 0.15) is 0 Å². The molecule has 0 bridgehead atoms. The van der Waals surface area contributed by atoms with E-state index in [9.17, 15) is 4.79 Å². The standard InChI is InChI=1S/C16H21BrN2O/c17-13-3-4-14-12(9-13)2-5-15(14)19-16(20)6-1-11-7-8-18-10-11/h3-4,9,11,15,18H,1-2,5-8,10H2,(H,19,20). The fourth-order valence-corrected chi connectivity index (χ4v) is 3.71. The summed E-state index contributed by atoms with van der Waals surface area (Å²) in [5.74, 6) is 0.894. The van der Waals surface area contributed by atoms with Crippen molar-refractivity contribution < 1.29 is 4.79 Å². The number of rotatable bonds is 4. The Labute approximate surface area is 128 Å². The van der Waals surface area contributed by atoms with Gasteiger partial charge in [0, 0.05) is 10.9 Å². The van der Waals surface area contributed by atoms with Crippen LogP contribution in [0.2, 0.25) is 0 Å². The first kappa shape index (κ1) is 14.1. The first-order valence-electron chi connectivity index (χ1n) is 7.51. The van der Waals surface area contributed by atoms with Gasteiger partial charge >= 0.3 is 0 Å². The van der Waals surface area contributed by atoms with Crippen LogP contribution in [0.5, 0.6) is 0 Å². The number of carbonyl (C=O) groups is 1. The third kappa shape index (κ3) is 3.23. The second-order valence-corrected chi connectivity index (χ2v) is 6.82. The highest BCUT2D eigenvalue weighted by atomic mass is 79.9. The molecule has 4 heteroatoms. The lowest BCUT2D eigenvalue weighted by Crippen LogP contribution is -2.27. The van der Waals surface area contributed by atoms with E-state index < -0.39 is 0 Å². The molecule has 1 fully saturated rings. The van der Waals surface area contributed by atoms with Crippen LogP contribution in [-0.4, -0.2) is 19.0 Å². The van der Waals surface area contributed by atoms with E-state index >= 15 is 0 Å². The molecular weight excluding hydrogens is 316 g/mol. The van der Waals surface area contributed by atoms with Gasteiger partial charge in [-0.3, -0.25) is 4.79 Å². The van der Waals surface area contributed by atoms with Gasteiger partial charge in [0.2, 0.25) is 5.91 Å². The fraction of sp³-hybridized carbons (Fsp3) is 0.562. The number of carbonyl (C=O) groups excluding carboxylic acids is 1. The predicted octanol–water partition coefficient (Wildman–Crippen LogP) is 2.94. The summed E-state index contributed by atoms with van der Waals surface area (Å²) >= 11 is 3.50. The van der Waals surface area contributed by atoms with Crippen molar-refractivity contribution in [3.05, 3.63) is 33.8 Å². The number of hydrogen-bond acceptors (Lipinski definition) is 2. The van der Waals surface area contributed by atoms with E-state index in [1.807, 2.05) is 0 Å². The van der Waals surface area contributed by atoms with Gasteiger partial charge in [-0.2, -0.15) is 0 Å². The lowest BCUT2D eigenvalue weighted by atomic mass is 10.0. The van der Waals surface area contributed by atoms with Crippen LogP contribution in [0.25, 0.3) is 0 Å². The van der Waals surface area contributed by atoms with Crippen molar-refractivity contribution in [2.24, 2.45) is 5.92 Å². The Morgan fingerprint density at radius 2 is 2.30 bits per heavy atom. The van der Waals surface area contributed by atoms with Crippen molar-refractivity contribution >= 4 is 21.8 Å². The highest BCUT2D eigenvalue weighted by molar-refractivity contribution is 9.10. The first-order valence-corrected chi connectivity index (χ1v) is 8.30. The van der Waals surface area contributed by atoms with Crippen molar-refractivity contribution in [2.75, 3.05) is 13.1 Å². The number of nitrogens with one attached hydrogen (secondary N) is 2. The molecule has 1 aliphatic carbocycles. The molecule has 0 radical (unpaired) electrons. The summed E-state index contributed by atoms with van der Waals surface area (Å²) in [6, 6.07) is 6.59. The number of aryl methyl sites for hydroxylation is 1. The van der Waals surface area contributed by atoms with E-state index in [1.54, 1.807) is 0 Å². The number of fused-ring (bicyclic) bond motifs is 1. The number of hydrogen-bond donors (Lipinski definition) is 2. The molecular formula is C16H21BrN2O. The molecule has 1 amide bonds. The molecule has 0 saturated carbocycles. The van der Waals surface area contributed by atoms with Crippen LogP contribution in [0.4, 0.5) is 0 Å². The van der Waals surface area contributed by atoms with Crippen LogP contribution in [-0.2, 0) is 11.2 Å². The maximum Gasteiger partial charge on any atom is 0.220 e. The second-order valence-electron chi connectivity index (χ2n) is 5.90. The molecule has 1 aliphatic heterocycles. The third-order valence-corrected chi connectivity index (χ3v) is 4.95. The SMILES string of the molecule is O=C(CCC1CCNC1)NC1CCc2cc(Br)ccc21. The predicted molar refractivity (Wildman–Crippen MR) is 83.6 cm³/mol. The van der Waals surface area contributed by atoms with Crippen LogP contribution in [0.15, 0.2) is 22.7 Å². The van der Waals surface area contributed by atoms with Crippen LogP contribution < -0.4 is 10.6 Å². The number of halogens is 1. The van der Waals surface area contributed by atoms with Crippen LogP contribution in [0.1, 0.15) is 42.9 Å². The normalized spacial score (nSPS) is 24.6. The van der Waals surface area contributed by atoms with E-state index in [-0.39, 0.29) is 11.9 Å². The Hall–Kier alpha value is -0.870. The van der Waals surface area contributed by atoms with Gasteiger partial charge in [-0.1, -0.05) is 22.0 Å². The zero-order chi connectivity index (χ0) is 13.9. The van der Waals surface area contributed by atoms with Gasteiger partial charge in [0.05, 0.1) is 6.04 Å². The summed E-state index contributed by atoms with van der Waals surface area (Å²) < 4.78 is 1.12. The summed E-state index contributed by atoms with van der Waals surface area (Å²) in [4.78, 5) is 12.1. The Morgan fingerprint density at radius 1 is 1.40 bits per heavy atom. The maximum atomic E-state index is 12.1. The van der Waals surface area contributed by atoms with Gasteiger partial charge in [0.25, 0.3) is 0 Å². The highest BCUT2D eigenvalue weighted by Crippen LogP contribution is 2.33. The molecule has 2 unspecified atom stereocenters.